The Morgan fingerprint density at radius 3 is 2.75 bits per heavy atom. The molecule has 0 aliphatic carbocycles. The number of amides is 1. The number of rotatable bonds is 0. The van der Waals surface area contributed by atoms with E-state index in [0.717, 1.165) is 0 Å². The second-order valence-electron chi connectivity index (χ2n) is 1.71. The summed E-state index contributed by atoms with van der Waals surface area (Å²) in [4.78, 5) is 10.5. The highest BCUT2D eigenvalue weighted by Gasteiger charge is 2.32. The molecule has 2 atom stereocenters. The Labute approximate surface area is 50.6 Å². The summed E-state index contributed by atoms with van der Waals surface area (Å²) in [5.74, 6) is 0.239. The first kappa shape index (κ1) is 5.91. The minimum absolute atomic E-state index is 0.0941. The van der Waals surface area contributed by atoms with Crippen molar-refractivity contribution in [3.05, 3.63) is 0 Å². The van der Waals surface area contributed by atoms with Crippen LogP contribution in [0.3, 0.4) is 0 Å². The molecule has 3 nitrogen and oxygen atoms in total. The van der Waals surface area contributed by atoms with E-state index in [1.54, 1.807) is 6.92 Å². The van der Waals surface area contributed by atoms with Gasteiger partial charge in [0.25, 0.3) is 5.91 Å². The lowest BCUT2D eigenvalue weighted by Gasteiger charge is -2.02. The van der Waals surface area contributed by atoms with Crippen LogP contribution in [-0.2, 0) is 16.0 Å². The van der Waals surface area contributed by atoms with Crippen LogP contribution in [-0.4, -0.2) is 21.6 Å². The molecule has 1 amide bonds. The molecule has 1 fully saturated rings. The summed E-state index contributed by atoms with van der Waals surface area (Å²) in [5.41, 5.74) is 0. The average molecular weight is 133 g/mol. The second kappa shape index (κ2) is 1.95. The van der Waals surface area contributed by atoms with Crippen LogP contribution in [0.2, 0.25) is 0 Å². The van der Waals surface area contributed by atoms with Gasteiger partial charge in [0, 0.05) is 0 Å². The van der Waals surface area contributed by atoms with Crippen LogP contribution in [0.4, 0.5) is 0 Å². The minimum atomic E-state index is -0.958. The van der Waals surface area contributed by atoms with Crippen molar-refractivity contribution in [1.29, 1.82) is 0 Å². The Kier molecular flexibility index (Phi) is 1.44. The zero-order valence-electron chi connectivity index (χ0n) is 4.51. The monoisotopic (exact) mass is 133 g/mol. The van der Waals surface area contributed by atoms with Gasteiger partial charge in [-0.15, -0.1) is 0 Å². The molecular weight excluding hydrogens is 126 g/mol. The molecule has 2 unspecified atom stereocenters. The topological polar surface area (TPSA) is 52.2 Å². The summed E-state index contributed by atoms with van der Waals surface area (Å²) in [6.45, 7) is 1.67. The molecule has 1 heterocycles. The quantitative estimate of drug-likeness (QED) is 0.440. The van der Waals surface area contributed by atoms with E-state index in [1.165, 1.54) is 0 Å². The molecule has 1 N–H and O–H groups in total. The van der Waals surface area contributed by atoms with Gasteiger partial charge in [-0.05, 0) is 18.1 Å². The molecule has 0 saturated carbocycles. The summed E-state index contributed by atoms with van der Waals surface area (Å²) >= 11 is -0.958. The van der Waals surface area contributed by atoms with Crippen LogP contribution in [0.15, 0.2) is 0 Å². The van der Waals surface area contributed by atoms with Crippen molar-refractivity contribution < 1.29 is 9.35 Å². The van der Waals surface area contributed by atoms with Crippen molar-refractivity contribution in [2.75, 3.05) is 5.88 Å². The molecule has 4 heteroatoms. The molecule has 8 heavy (non-hydrogen) atoms. The smallest absolute Gasteiger partial charge is 0.276 e. The normalized spacial score (nSPS) is 37.5. The van der Waals surface area contributed by atoms with Gasteiger partial charge in [0.15, 0.2) is 11.1 Å². The average Bonchev–Trinajstić information content (AvgIpc) is 1.98. The lowest BCUT2D eigenvalue weighted by atomic mass is 10.5. The second-order valence-corrected chi connectivity index (χ2v) is 3.47. The van der Waals surface area contributed by atoms with Gasteiger partial charge >= 0.3 is 0 Å². The van der Waals surface area contributed by atoms with Crippen LogP contribution < -0.4 is 5.32 Å². The van der Waals surface area contributed by atoms with E-state index in [4.69, 9.17) is 0 Å². The lowest BCUT2D eigenvalue weighted by Crippen LogP contribution is -2.21. The van der Waals surface area contributed by atoms with Gasteiger partial charge in [-0.25, -0.2) is 0 Å². The first-order chi connectivity index (χ1) is 3.72. The Morgan fingerprint density at radius 2 is 2.62 bits per heavy atom. The molecule has 1 rings (SSSR count). The number of carbonyl (C=O) groups excluding carboxylic acids is 1. The zero-order chi connectivity index (χ0) is 6.15. The number of hydrogen-bond acceptors (Lipinski definition) is 2. The van der Waals surface area contributed by atoms with Gasteiger partial charge in [0.1, 0.15) is 0 Å². The van der Waals surface area contributed by atoms with E-state index >= 15 is 0 Å². The standard InChI is InChI=1S/C4H7NO2S/c1-3-4(6)5-2-8(3)7/h3H,2H2,1H3,(H,5,6). The van der Waals surface area contributed by atoms with Gasteiger partial charge in [-0.1, -0.05) is 0 Å². The zero-order valence-corrected chi connectivity index (χ0v) is 5.33. The third kappa shape index (κ3) is 0.809. The fraction of sp³-hybridized carbons (Fsp3) is 0.750. The summed E-state index contributed by atoms with van der Waals surface area (Å²) in [7, 11) is 0. The third-order valence-electron chi connectivity index (χ3n) is 1.15. The van der Waals surface area contributed by atoms with Crippen molar-refractivity contribution in [2.45, 2.75) is 12.2 Å². The maximum Gasteiger partial charge on any atom is 0.276 e. The van der Waals surface area contributed by atoms with Crippen LogP contribution in [0, 0.1) is 0 Å². The summed E-state index contributed by atoms with van der Waals surface area (Å²) in [5, 5.41) is 2.18. The predicted octanol–water partition coefficient (Wildman–Crippen LogP) is -0.789. The number of nitrogens with one attached hydrogen (secondary N) is 1. The molecule has 0 spiro atoms. The molecule has 0 aromatic rings. The maximum absolute atomic E-state index is 10.6. The molecule has 0 radical (unpaired) electrons. The molecule has 46 valence electrons. The summed E-state index contributed by atoms with van der Waals surface area (Å²) < 4.78 is 10.6. The molecule has 0 bridgehead atoms. The highest BCUT2D eigenvalue weighted by Crippen LogP contribution is 2.06. The third-order valence-corrected chi connectivity index (χ3v) is 2.58. The fourth-order valence-corrected chi connectivity index (χ4v) is 1.39. The fourth-order valence-electron chi connectivity index (χ4n) is 0.530. The largest absolute Gasteiger partial charge is 0.614 e. The Bertz CT molecular complexity index is 117. The van der Waals surface area contributed by atoms with Crippen molar-refractivity contribution >= 4 is 17.1 Å². The van der Waals surface area contributed by atoms with E-state index < -0.39 is 11.2 Å². The molecule has 1 aliphatic heterocycles. The van der Waals surface area contributed by atoms with Gasteiger partial charge < -0.3 is 9.87 Å². The van der Waals surface area contributed by atoms with Crippen LogP contribution in [0.1, 0.15) is 6.92 Å². The molecule has 1 saturated heterocycles. The minimum Gasteiger partial charge on any atom is -0.614 e. The molecule has 0 aromatic heterocycles. The first-order valence-electron chi connectivity index (χ1n) is 2.36. The van der Waals surface area contributed by atoms with E-state index in [0.29, 0.717) is 5.88 Å². The Morgan fingerprint density at radius 1 is 2.00 bits per heavy atom. The predicted molar refractivity (Wildman–Crippen MR) is 30.6 cm³/mol. The summed E-state index contributed by atoms with van der Waals surface area (Å²) in [6, 6.07) is 0. The SMILES string of the molecule is CC1C(=O)NC[S+]1[O-]. The van der Waals surface area contributed by atoms with Gasteiger partial charge in [0.2, 0.25) is 0 Å². The van der Waals surface area contributed by atoms with Gasteiger partial charge in [-0.3, -0.25) is 4.79 Å². The van der Waals surface area contributed by atoms with E-state index in [9.17, 15) is 9.35 Å². The van der Waals surface area contributed by atoms with Gasteiger partial charge in [0.05, 0.1) is 0 Å². The van der Waals surface area contributed by atoms with Crippen molar-refractivity contribution in [3.63, 3.8) is 0 Å². The first-order valence-corrected chi connectivity index (χ1v) is 3.75. The van der Waals surface area contributed by atoms with E-state index in [1.807, 2.05) is 0 Å². The highest BCUT2D eigenvalue weighted by molar-refractivity contribution is 7.93. The lowest BCUT2D eigenvalue weighted by molar-refractivity contribution is -0.119. The van der Waals surface area contributed by atoms with Crippen molar-refractivity contribution in [1.82, 2.24) is 5.32 Å². The van der Waals surface area contributed by atoms with Crippen LogP contribution in [0.5, 0.6) is 0 Å². The van der Waals surface area contributed by atoms with Gasteiger partial charge in [-0.2, -0.15) is 0 Å². The van der Waals surface area contributed by atoms with Crippen molar-refractivity contribution in [2.24, 2.45) is 0 Å². The summed E-state index contributed by atoms with van der Waals surface area (Å²) in [6.07, 6.45) is 0. The van der Waals surface area contributed by atoms with Crippen LogP contribution in [0.25, 0.3) is 0 Å². The number of hydrogen-bond donors (Lipinski definition) is 1. The Balaban J connectivity index is 2.56. The Hall–Kier alpha value is -0.220. The van der Waals surface area contributed by atoms with Crippen LogP contribution >= 0.6 is 0 Å². The van der Waals surface area contributed by atoms with Crippen molar-refractivity contribution in [3.8, 4) is 0 Å². The number of carbonyl (C=O) groups is 1. The maximum atomic E-state index is 10.6. The molecule has 1 aliphatic rings. The molecular formula is C4H7NO2S. The van der Waals surface area contributed by atoms with E-state index in [2.05, 4.69) is 5.32 Å². The highest BCUT2D eigenvalue weighted by atomic mass is 32.2. The molecule has 0 aromatic carbocycles. The van der Waals surface area contributed by atoms with E-state index in [-0.39, 0.29) is 11.2 Å².